The number of anilines is 1. The summed E-state index contributed by atoms with van der Waals surface area (Å²) >= 11 is 10.7. The molecule has 0 unspecified atom stereocenters. The monoisotopic (exact) mass is 303 g/mol. The molecule has 0 aromatic heterocycles. The minimum absolute atomic E-state index is 0.0193. The van der Waals surface area contributed by atoms with Gasteiger partial charge in [-0.15, -0.1) is 0 Å². The number of halogens is 1. The fraction of sp³-hybridized carbons (Fsp3) is 0.200. The third-order valence-electron chi connectivity index (χ3n) is 1.90. The van der Waals surface area contributed by atoms with Gasteiger partial charge in [0.25, 0.3) is 5.69 Å². The van der Waals surface area contributed by atoms with E-state index in [4.69, 9.17) is 23.8 Å². The molecule has 1 aromatic rings. The van der Waals surface area contributed by atoms with Crippen molar-refractivity contribution in [1.82, 2.24) is 5.32 Å². The summed E-state index contributed by atoms with van der Waals surface area (Å²) in [6.07, 6.45) is -0.696. The van der Waals surface area contributed by atoms with E-state index in [-0.39, 0.29) is 22.4 Å². The Labute approximate surface area is 119 Å². The summed E-state index contributed by atoms with van der Waals surface area (Å²) in [5.74, 6) is 0. The number of nitrogens with one attached hydrogen (secondary N) is 2. The summed E-state index contributed by atoms with van der Waals surface area (Å²) in [6.45, 7) is 1.87. The number of nitrogens with zero attached hydrogens (tertiary/aromatic N) is 1. The molecular weight excluding hydrogens is 294 g/mol. The van der Waals surface area contributed by atoms with Gasteiger partial charge in [-0.3, -0.25) is 15.4 Å². The lowest BCUT2D eigenvalue weighted by Gasteiger charge is -2.10. The fourth-order valence-electron chi connectivity index (χ4n) is 1.13. The number of carbonyl (C=O) groups excluding carboxylic acids is 1. The molecule has 2 N–H and O–H groups in total. The lowest BCUT2D eigenvalue weighted by Crippen LogP contribution is -2.34. The maximum atomic E-state index is 11.1. The van der Waals surface area contributed by atoms with Crippen LogP contribution in [0.3, 0.4) is 0 Å². The van der Waals surface area contributed by atoms with E-state index in [0.29, 0.717) is 5.69 Å². The van der Waals surface area contributed by atoms with Gasteiger partial charge in [-0.25, -0.2) is 4.79 Å². The van der Waals surface area contributed by atoms with E-state index in [1.807, 2.05) is 0 Å². The first-order valence-electron chi connectivity index (χ1n) is 5.12. The van der Waals surface area contributed by atoms with E-state index >= 15 is 0 Å². The molecule has 1 amide bonds. The summed E-state index contributed by atoms with van der Waals surface area (Å²) in [4.78, 5) is 21.1. The minimum atomic E-state index is -0.696. The fourth-order valence-corrected chi connectivity index (χ4v) is 1.55. The molecule has 0 heterocycles. The van der Waals surface area contributed by atoms with Crippen LogP contribution in [0.1, 0.15) is 6.92 Å². The number of benzene rings is 1. The van der Waals surface area contributed by atoms with Gasteiger partial charge in [0.05, 0.1) is 22.2 Å². The number of nitro groups is 1. The SMILES string of the molecule is CCOC(=O)NC(=S)Nc1ccc([N+](=O)[O-])cc1Cl. The van der Waals surface area contributed by atoms with Crippen LogP contribution in [0.25, 0.3) is 0 Å². The van der Waals surface area contributed by atoms with Crippen molar-refractivity contribution < 1.29 is 14.5 Å². The molecule has 0 bridgehead atoms. The number of amides is 1. The zero-order valence-electron chi connectivity index (χ0n) is 9.81. The predicted molar refractivity (Wildman–Crippen MR) is 74.5 cm³/mol. The van der Waals surface area contributed by atoms with E-state index in [0.717, 1.165) is 0 Å². The quantitative estimate of drug-likeness (QED) is 0.506. The van der Waals surface area contributed by atoms with Gasteiger partial charge in [-0.2, -0.15) is 0 Å². The molecule has 1 rings (SSSR count). The first-order chi connectivity index (χ1) is 8.93. The topological polar surface area (TPSA) is 93.5 Å². The van der Waals surface area contributed by atoms with Crippen molar-refractivity contribution in [2.45, 2.75) is 6.92 Å². The Morgan fingerprint density at radius 2 is 2.26 bits per heavy atom. The first kappa shape index (κ1) is 15.1. The molecule has 0 aliphatic carbocycles. The number of nitro benzene ring substituents is 1. The number of rotatable bonds is 3. The van der Waals surface area contributed by atoms with Crippen LogP contribution >= 0.6 is 23.8 Å². The summed E-state index contributed by atoms with van der Waals surface area (Å²) < 4.78 is 4.63. The molecule has 0 saturated carbocycles. The summed E-state index contributed by atoms with van der Waals surface area (Å²) in [5, 5.41) is 15.5. The number of alkyl carbamates (subject to hydrolysis) is 1. The van der Waals surface area contributed by atoms with Crippen molar-refractivity contribution in [3.05, 3.63) is 33.3 Å². The van der Waals surface area contributed by atoms with Crippen molar-refractivity contribution in [1.29, 1.82) is 0 Å². The van der Waals surface area contributed by atoms with Crippen LogP contribution in [-0.4, -0.2) is 22.7 Å². The maximum Gasteiger partial charge on any atom is 0.413 e. The highest BCUT2D eigenvalue weighted by molar-refractivity contribution is 7.80. The lowest BCUT2D eigenvalue weighted by molar-refractivity contribution is -0.384. The van der Waals surface area contributed by atoms with Crippen LogP contribution in [0, 0.1) is 10.1 Å². The van der Waals surface area contributed by atoms with Crippen molar-refractivity contribution in [2.24, 2.45) is 0 Å². The second kappa shape index (κ2) is 6.86. The van der Waals surface area contributed by atoms with Crippen molar-refractivity contribution in [3.8, 4) is 0 Å². The number of hydrogen-bond donors (Lipinski definition) is 2. The molecule has 1 aromatic carbocycles. The van der Waals surface area contributed by atoms with Crippen molar-refractivity contribution >= 4 is 46.4 Å². The molecule has 102 valence electrons. The molecule has 19 heavy (non-hydrogen) atoms. The Morgan fingerprint density at radius 1 is 1.58 bits per heavy atom. The van der Waals surface area contributed by atoms with Crippen LogP contribution in [0.4, 0.5) is 16.2 Å². The predicted octanol–water partition coefficient (Wildman–Crippen LogP) is 2.69. The van der Waals surface area contributed by atoms with Crippen LogP contribution < -0.4 is 10.6 Å². The largest absolute Gasteiger partial charge is 0.450 e. The lowest BCUT2D eigenvalue weighted by atomic mass is 10.3. The van der Waals surface area contributed by atoms with E-state index < -0.39 is 11.0 Å². The average Bonchev–Trinajstić information content (AvgIpc) is 2.31. The number of carbonyl (C=O) groups is 1. The highest BCUT2D eigenvalue weighted by atomic mass is 35.5. The third-order valence-corrected chi connectivity index (χ3v) is 2.42. The summed E-state index contributed by atoms with van der Waals surface area (Å²) in [7, 11) is 0. The molecule has 0 fully saturated rings. The summed E-state index contributed by atoms with van der Waals surface area (Å²) in [5.41, 5.74) is 0.203. The maximum absolute atomic E-state index is 11.1. The second-order valence-electron chi connectivity index (χ2n) is 3.22. The van der Waals surface area contributed by atoms with Crippen molar-refractivity contribution in [2.75, 3.05) is 11.9 Å². The third kappa shape index (κ3) is 4.68. The molecule has 9 heteroatoms. The first-order valence-corrected chi connectivity index (χ1v) is 5.91. The smallest absolute Gasteiger partial charge is 0.413 e. The molecule has 0 radical (unpaired) electrons. The molecule has 0 saturated heterocycles. The molecular formula is C10H10ClN3O4S. The van der Waals surface area contributed by atoms with Gasteiger partial charge in [0.2, 0.25) is 0 Å². The molecule has 7 nitrogen and oxygen atoms in total. The number of thiocarbonyl (C=S) groups is 1. The number of ether oxygens (including phenoxy) is 1. The van der Waals surface area contributed by atoms with Gasteiger partial charge in [-0.1, -0.05) is 11.6 Å². The Balaban J connectivity index is 2.69. The van der Waals surface area contributed by atoms with Gasteiger partial charge >= 0.3 is 6.09 Å². The average molecular weight is 304 g/mol. The van der Waals surface area contributed by atoms with Crippen LogP contribution in [0.2, 0.25) is 5.02 Å². The zero-order chi connectivity index (χ0) is 14.4. The van der Waals surface area contributed by atoms with E-state index in [9.17, 15) is 14.9 Å². The Bertz CT molecular complexity index is 523. The molecule has 0 aliphatic heterocycles. The Kier molecular flexibility index (Phi) is 5.46. The Hall–Kier alpha value is -1.93. The standard InChI is InChI=1S/C10H10ClN3O4S/c1-2-18-10(15)13-9(19)12-8-4-3-6(14(16)17)5-7(8)11/h3-5H,2H2,1H3,(H2,12,13,15,19). The van der Waals surface area contributed by atoms with Crippen LogP contribution in [0.15, 0.2) is 18.2 Å². The summed E-state index contributed by atoms with van der Waals surface area (Å²) in [6, 6.07) is 3.83. The van der Waals surface area contributed by atoms with Crippen molar-refractivity contribution in [3.63, 3.8) is 0 Å². The number of hydrogen-bond acceptors (Lipinski definition) is 5. The van der Waals surface area contributed by atoms with Gasteiger partial charge < -0.3 is 10.1 Å². The second-order valence-corrected chi connectivity index (χ2v) is 4.04. The molecule has 0 spiro atoms. The highest BCUT2D eigenvalue weighted by Crippen LogP contribution is 2.26. The van der Waals surface area contributed by atoms with Gasteiger partial charge in [0.1, 0.15) is 0 Å². The molecule has 0 atom stereocenters. The Morgan fingerprint density at radius 3 is 2.79 bits per heavy atom. The van der Waals surface area contributed by atoms with E-state index in [1.54, 1.807) is 6.92 Å². The normalized spacial score (nSPS) is 9.58. The zero-order valence-corrected chi connectivity index (χ0v) is 11.4. The van der Waals surface area contributed by atoms with Gasteiger partial charge in [-0.05, 0) is 25.2 Å². The van der Waals surface area contributed by atoms with Gasteiger partial charge in [0.15, 0.2) is 5.11 Å². The van der Waals surface area contributed by atoms with Crippen LogP contribution in [-0.2, 0) is 4.74 Å². The number of non-ortho nitro benzene ring substituents is 1. The van der Waals surface area contributed by atoms with Crippen LogP contribution in [0.5, 0.6) is 0 Å². The highest BCUT2D eigenvalue weighted by Gasteiger charge is 2.11. The molecule has 0 aliphatic rings. The van der Waals surface area contributed by atoms with Gasteiger partial charge in [0, 0.05) is 12.1 Å². The van der Waals surface area contributed by atoms with E-state index in [1.165, 1.54) is 18.2 Å². The van der Waals surface area contributed by atoms with E-state index in [2.05, 4.69) is 15.4 Å². The minimum Gasteiger partial charge on any atom is -0.450 e.